The van der Waals surface area contributed by atoms with Crippen molar-refractivity contribution < 1.29 is 4.52 Å². The van der Waals surface area contributed by atoms with Crippen molar-refractivity contribution in [3.05, 3.63) is 11.7 Å². The van der Waals surface area contributed by atoms with Crippen molar-refractivity contribution in [1.82, 2.24) is 15.5 Å². The highest BCUT2D eigenvalue weighted by molar-refractivity contribution is 4.94. The first-order chi connectivity index (χ1) is 7.75. The minimum atomic E-state index is 0.286. The zero-order valence-corrected chi connectivity index (χ0v) is 10.2. The van der Waals surface area contributed by atoms with Gasteiger partial charge in [0.1, 0.15) is 0 Å². The summed E-state index contributed by atoms with van der Waals surface area (Å²) in [6.45, 7) is 5.49. The molecule has 1 aromatic rings. The number of nitrogens with one attached hydrogen (secondary N) is 1. The Bertz CT molecular complexity index is 316. The number of aryl methyl sites for hydroxylation is 1. The lowest BCUT2D eigenvalue weighted by Crippen LogP contribution is -2.27. The molecule has 0 bridgehead atoms. The quantitative estimate of drug-likeness (QED) is 0.852. The maximum atomic E-state index is 5.31. The molecular weight excluding hydrogens is 202 g/mol. The predicted octanol–water partition coefficient (Wildman–Crippen LogP) is 2.47. The van der Waals surface area contributed by atoms with Gasteiger partial charge in [0.05, 0.1) is 6.04 Å². The first-order valence-electron chi connectivity index (χ1n) is 6.31. The number of hydrogen-bond donors (Lipinski definition) is 1. The molecule has 0 radical (unpaired) electrons. The van der Waals surface area contributed by atoms with Crippen LogP contribution in [0.15, 0.2) is 4.52 Å². The molecule has 1 aliphatic rings. The first-order valence-corrected chi connectivity index (χ1v) is 6.31. The second kappa shape index (κ2) is 5.43. The summed E-state index contributed by atoms with van der Waals surface area (Å²) in [5.74, 6) is 2.32. The third kappa shape index (κ3) is 3.04. The summed E-state index contributed by atoms with van der Waals surface area (Å²) in [6.07, 6.45) is 5.67. The summed E-state index contributed by atoms with van der Waals surface area (Å²) in [7, 11) is 0. The van der Waals surface area contributed by atoms with E-state index in [1.165, 1.54) is 12.8 Å². The van der Waals surface area contributed by atoms with Gasteiger partial charge < -0.3 is 9.84 Å². The lowest BCUT2D eigenvalue weighted by atomic mass is 10.1. The molecule has 1 saturated heterocycles. The molecule has 16 heavy (non-hydrogen) atoms. The number of rotatable bonds is 4. The molecule has 4 heteroatoms. The fraction of sp³-hybridized carbons (Fsp3) is 0.833. The van der Waals surface area contributed by atoms with Crippen LogP contribution in [-0.2, 0) is 6.42 Å². The van der Waals surface area contributed by atoms with E-state index < -0.39 is 0 Å². The van der Waals surface area contributed by atoms with Crippen LogP contribution in [0, 0.1) is 5.92 Å². The number of piperidine rings is 1. The fourth-order valence-corrected chi connectivity index (χ4v) is 1.99. The Morgan fingerprint density at radius 2 is 2.31 bits per heavy atom. The van der Waals surface area contributed by atoms with E-state index in [0.29, 0.717) is 5.92 Å². The molecular formula is C12H21N3O. The second-order valence-electron chi connectivity index (χ2n) is 4.98. The molecule has 4 nitrogen and oxygen atoms in total. The van der Waals surface area contributed by atoms with Crippen LogP contribution in [0.25, 0.3) is 0 Å². The largest absolute Gasteiger partial charge is 0.338 e. The van der Waals surface area contributed by atoms with Gasteiger partial charge in [-0.2, -0.15) is 4.98 Å². The van der Waals surface area contributed by atoms with Crippen LogP contribution >= 0.6 is 0 Å². The van der Waals surface area contributed by atoms with Crippen LogP contribution in [0.3, 0.4) is 0 Å². The number of hydrogen-bond acceptors (Lipinski definition) is 4. The first kappa shape index (κ1) is 11.6. The van der Waals surface area contributed by atoms with Crippen LogP contribution in [-0.4, -0.2) is 16.7 Å². The van der Waals surface area contributed by atoms with E-state index in [-0.39, 0.29) is 6.04 Å². The summed E-state index contributed by atoms with van der Waals surface area (Å²) < 4.78 is 5.31. The SMILES string of the molecule is CC(C)CCc1noc(C2CCCCN2)n1. The third-order valence-electron chi connectivity index (χ3n) is 3.04. The highest BCUT2D eigenvalue weighted by Crippen LogP contribution is 2.21. The second-order valence-corrected chi connectivity index (χ2v) is 4.98. The molecule has 1 aliphatic heterocycles. The van der Waals surface area contributed by atoms with E-state index in [0.717, 1.165) is 37.5 Å². The lowest BCUT2D eigenvalue weighted by Gasteiger charge is -2.19. The van der Waals surface area contributed by atoms with E-state index in [1.807, 2.05) is 0 Å². The van der Waals surface area contributed by atoms with Crippen LogP contribution < -0.4 is 5.32 Å². The Hall–Kier alpha value is -0.900. The zero-order chi connectivity index (χ0) is 11.4. The normalized spacial score (nSPS) is 21.6. The molecule has 2 heterocycles. The average molecular weight is 223 g/mol. The minimum absolute atomic E-state index is 0.286. The Morgan fingerprint density at radius 3 is 3.00 bits per heavy atom. The summed E-state index contributed by atoms with van der Waals surface area (Å²) >= 11 is 0. The molecule has 0 saturated carbocycles. The van der Waals surface area contributed by atoms with Crippen LogP contribution in [0.1, 0.15) is 57.3 Å². The van der Waals surface area contributed by atoms with E-state index >= 15 is 0 Å². The Balaban J connectivity index is 1.90. The van der Waals surface area contributed by atoms with Gasteiger partial charge in [-0.25, -0.2) is 0 Å². The smallest absolute Gasteiger partial charge is 0.243 e. The van der Waals surface area contributed by atoms with Crippen molar-refractivity contribution in [1.29, 1.82) is 0 Å². The molecule has 1 fully saturated rings. The van der Waals surface area contributed by atoms with Crippen LogP contribution in [0.2, 0.25) is 0 Å². The summed E-state index contributed by atoms with van der Waals surface area (Å²) in [5.41, 5.74) is 0. The summed E-state index contributed by atoms with van der Waals surface area (Å²) in [6, 6.07) is 0.286. The maximum absolute atomic E-state index is 5.31. The van der Waals surface area contributed by atoms with E-state index in [9.17, 15) is 0 Å². The molecule has 0 aliphatic carbocycles. The van der Waals surface area contributed by atoms with Gasteiger partial charge in [-0.3, -0.25) is 0 Å². The topological polar surface area (TPSA) is 51.0 Å². The van der Waals surface area contributed by atoms with Crippen molar-refractivity contribution in [3.63, 3.8) is 0 Å². The van der Waals surface area contributed by atoms with Gasteiger partial charge in [-0.15, -0.1) is 0 Å². The Labute approximate surface area is 96.8 Å². The van der Waals surface area contributed by atoms with Gasteiger partial charge in [0.15, 0.2) is 5.82 Å². The molecule has 1 N–H and O–H groups in total. The molecule has 1 aromatic heterocycles. The molecule has 90 valence electrons. The van der Waals surface area contributed by atoms with Gasteiger partial charge >= 0.3 is 0 Å². The van der Waals surface area contributed by atoms with Crippen molar-refractivity contribution in [3.8, 4) is 0 Å². The van der Waals surface area contributed by atoms with Gasteiger partial charge in [0.2, 0.25) is 5.89 Å². The minimum Gasteiger partial charge on any atom is -0.338 e. The maximum Gasteiger partial charge on any atom is 0.243 e. The molecule has 0 spiro atoms. The van der Waals surface area contributed by atoms with Crippen molar-refractivity contribution >= 4 is 0 Å². The van der Waals surface area contributed by atoms with Crippen LogP contribution in [0.4, 0.5) is 0 Å². The molecule has 0 aromatic carbocycles. The van der Waals surface area contributed by atoms with Gasteiger partial charge in [0, 0.05) is 6.42 Å². The average Bonchev–Trinajstić information content (AvgIpc) is 2.76. The molecule has 2 rings (SSSR count). The highest BCUT2D eigenvalue weighted by Gasteiger charge is 2.20. The Kier molecular flexibility index (Phi) is 3.93. The number of nitrogens with zero attached hydrogens (tertiary/aromatic N) is 2. The summed E-state index contributed by atoms with van der Waals surface area (Å²) in [5, 5.41) is 7.45. The Morgan fingerprint density at radius 1 is 1.44 bits per heavy atom. The van der Waals surface area contributed by atoms with Gasteiger partial charge in [-0.1, -0.05) is 25.4 Å². The third-order valence-corrected chi connectivity index (χ3v) is 3.04. The van der Waals surface area contributed by atoms with Crippen molar-refractivity contribution in [2.75, 3.05) is 6.54 Å². The van der Waals surface area contributed by atoms with Gasteiger partial charge in [-0.05, 0) is 31.7 Å². The van der Waals surface area contributed by atoms with E-state index in [1.54, 1.807) is 0 Å². The molecule has 1 unspecified atom stereocenters. The number of aromatic nitrogens is 2. The van der Waals surface area contributed by atoms with Gasteiger partial charge in [0.25, 0.3) is 0 Å². The van der Waals surface area contributed by atoms with Crippen molar-refractivity contribution in [2.24, 2.45) is 5.92 Å². The zero-order valence-electron chi connectivity index (χ0n) is 10.2. The highest BCUT2D eigenvalue weighted by atomic mass is 16.5. The molecule has 0 amide bonds. The summed E-state index contributed by atoms with van der Waals surface area (Å²) in [4.78, 5) is 4.47. The molecule has 1 atom stereocenters. The fourth-order valence-electron chi connectivity index (χ4n) is 1.99. The van der Waals surface area contributed by atoms with Crippen molar-refractivity contribution in [2.45, 2.75) is 52.0 Å². The van der Waals surface area contributed by atoms with E-state index in [4.69, 9.17) is 4.52 Å². The lowest BCUT2D eigenvalue weighted by molar-refractivity contribution is 0.295. The predicted molar refractivity (Wildman–Crippen MR) is 62.1 cm³/mol. The van der Waals surface area contributed by atoms with E-state index in [2.05, 4.69) is 29.3 Å². The monoisotopic (exact) mass is 223 g/mol. The van der Waals surface area contributed by atoms with Crippen LogP contribution in [0.5, 0.6) is 0 Å². The standard InChI is InChI=1S/C12H21N3O/c1-9(2)6-7-11-14-12(16-15-11)10-5-3-4-8-13-10/h9-10,13H,3-8H2,1-2H3.